The maximum absolute atomic E-state index is 13.4. The highest BCUT2D eigenvalue weighted by molar-refractivity contribution is 6.16. The second-order valence-electron chi connectivity index (χ2n) is 10.1. The van der Waals surface area contributed by atoms with Crippen molar-refractivity contribution < 1.29 is 22.4 Å². The Bertz CT molecular complexity index is 1560. The van der Waals surface area contributed by atoms with Crippen LogP contribution in [0.15, 0.2) is 76.3 Å². The summed E-state index contributed by atoms with van der Waals surface area (Å²) in [4.78, 5) is 22.0. The van der Waals surface area contributed by atoms with Crippen molar-refractivity contribution >= 4 is 23.2 Å². The lowest BCUT2D eigenvalue weighted by atomic mass is 9.96. The summed E-state index contributed by atoms with van der Waals surface area (Å²) < 4.78 is 46.0. The Morgan fingerprint density at radius 3 is 2.48 bits per heavy atom. The zero-order valence-electron chi connectivity index (χ0n) is 22.1. The van der Waals surface area contributed by atoms with Gasteiger partial charge in [-0.3, -0.25) is 9.79 Å². The van der Waals surface area contributed by atoms with Crippen LogP contribution in [0.1, 0.15) is 49.4 Å². The van der Waals surface area contributed by atoms with Crippen molar-refractivity contribution in [3.05, 3.63) is 89.1 Å². The zero-order chi connectivity index (χ0) is 28.5. The Kier molecular flexibility index (Phi) is 7.14. The van der Waals surface area contributed by atoms with Crippen molar-refractivity contribution in [2.75, 3.05) is 10.6 Å². The van der Waals surface area contributed by atoms with E-state index in [1.54, 1.807) is 0 Å². The predicted molar refractivity (Wildman–Crippen MR) is 145 cm³/mol. The fraction of sp³-hybridized carbons (Fsp3) is 0.276. The summed E-state index contributed by atoms with van der Waals surface area (Å²) in [6.07, 6.45) is -4.12. The minimum absolute atomic E-state index is 0.0585. The molecule has 1 aliphatic rings. The van der Waals surface area contributed by atoms with Crippen molar-refractivity contribution in [3.63, 3.8) is 0 Å². The molecule has 1 aliphatic heterocycles. The average Bonchev–Trinajstić information content (AvgIpc) is 3.34. The monoisotopic (exact) mass is 548 g/mol. The lowest BCUT2D eigenvalue weighted by molar-refractivity contribution is -0.137. The summed E-state index contributed by atoms with van der Waals surface area (Å²) in [6.45, 7) is 5.63. The molecule has 11 heteroatoms. The van der Waals surface area contributed by atoms with Gasteiger partial charge < -0.3 is 15.1 Å². The number of anilines is 2. The molecule has 2 aromatic heterocycles. The first-order valence-corrected chi connectivity index (χ1v) is 12.7. The molecule has 206 valence electrons. The molecular formula is C29H27F3N6O2. The second-order valence-corrected chi connectivity index (χ2v) is 10.1. The highest BCUT2D eigenvalue weighted by Gasteiger charge is 2.33. The quantitative estimate of drug-likeness (QED) is 0.285. The van der Waals surface area contributed by atoms with Crippen molar-refractivity contribution in [2.24, 2.45) is 4.99 Å². The molecule has 2 N–H and O–H groups in total. The third-order valence-corrected chi connectivity index (χ3v) is 6.71. The third-order valence-electron chi connectivity index (χ3n) is 6.71. The topological polar surface area (TPSA) is 105 Å². The van der Waals surface area contributed by atoms with Crippen LogP contribution >= 0.6 is 0 Å². The van der Waals surface area contributed by atoms with Crippen molar-refractivity contribution in [3.8, 4) is 11.6 Å². The molecule has 2 aromatic carbocycles. The van der Waals surface area contributed by atoms with Crippen molar-refractivity contribution in [1.29, 1.82) is 0 Å². The van der Waals surface area contributed by atoms with Crippen LogP contribution in [0.3, 0.4) is 0 Å². The number of aliphatic imine (C=N–C) groups is 1. The number of hydrogen-bond donors (Lipinski definition) is 2. The summed E-state index contributed by atoms with van der Waals surface area (Å²) in [6, 6.07) is 17.9. The number of carbonyl (C=O) groups is 1. The summed E-state index contributed by atoms with van der Waals surface area (Å²) in [7, 11) is 0. The van der Waals surface area contributed by atoms with E-state index in [0.717, 1.165) is 29.0 Å². The molecule has 1 atom stereocenters. The highest BCUT2D eigenvalue weighted by Crippen LogP contribution is 2.36. The van der Waals surface area contributed by atoms with Crippen LogP contribution in [-0.2, 0) is 17.4 Å². The minimum Gasteiger partial charge on any atom is -0.402 e. The molecule has 0 saturated carbocycles. The minimum atomic E-state index is -4.58. The number of fused-ring (bicyclic) bond motifs is 1. The molecule has 8 nitrogen and oxygen atoms in total. The Morgan fingerprint density at radius 2 is 1.75 bits per heavy atom. The fourth-order valence-electron chi connectivity index (χ4n) is 4.23. The lowest BCUT2D eigenvalue weighted by Crippen LogP contribution is -2.30. The standard InChI is InChI=1S/C29H27F3N6O2/c1-4-28(2,3)36-21-15-19(29(30,31)32)16-33-24(21)26-37-38-27(40-26)35-25-22(39)14-18-12-8-9-13-20(18)23(34-25)17-10-6-5-7-11-17/h5-13,15-16,25,36H,4,14H2,1-3H3,(H,35,38)/t25-/m1/s1. The molecule has 0 radical (unpaired) electrons. The van der Waals surface area contributed by atoms with Crippen LogP contribution in [-0.4, -0.2) is 38.4 Å². The molecule has 0 unspecified atom stereocenters. The first kappa shape index (κ1) is 27.0. The van der Waals surface area contributed by atoms with E-state index >= 15 is 0 Å². The van der Waals surface area contributed by atoms with Gasteiger partial charge in [0.1, 0.15) is 0 Å². The molecule has 0 aliphatic carbocycles. The maximum atomic E-state index is 13.4. The molecule has 0 saturated heterocycles. The number of benzene rings is 2. The number of carbonyl (C=O) groups excluding carboxylic acids is 1. The molecule has 0 bridgehead atoms. The Balaban J connectivity index is 1.49. The van der Waals surface area contributed by atoms with Gasteiger partial charge in [-0.2, -0.15) is 13.2 Å². The largest absolute Gasteiger partial charge is 0.417 e. The van der Waals surface area contributed by atoms with E-state index in [2.05, 4.69) is 25.8 Å². The Labute approximate surface area is 228 Å². The van der Waals surface area contributed by atoms with Gasteiger partial charge in [0.25, 0.3) is 5.89 Å². The van der Waals surface area contributed by atoms with Gasteiger partial charge in [-0.15, -0.1) is 5.10 Å². The van der Waals surface area contributed by atoms with E-state index < -0.39 is 23.4 Å². The number of ketones is 1. The number of aromatic nitrogens is 3. The zero-order valence-corrected chi connectivity index (χ0v) is 22.1. The molecule has 3 heterocycles. The summed E-state index contributed by atoms with van der Waals surface area (Å²) >= 11 is 0. The molecule has 0 amide bonds. The Morgan fingerprint density at radius 1 is 1.02 bits per heavy atom. The van der Waals surface area contributed by atoms with Crippen molar-refractivity contribution in [2.45, 2.75) is 51.5 Å². The summed E-state index contributed by atoms with van der Waals surface area (Å²) in [5.74, 6) is -0.319. The normalized spacial score (nSPS) is 15.7. The third kappa shape index (κ3) is 5.73. The molecular weight excluding hydrogens is 521 g/mol. The second kappa shape index (κ2) is 10.6. The van der Waals surface area contributed by atoms with E-state index in [9.17, 15) is 18.0 Å². The van der Waals surface area contributed by atoms with Crippen LogP contribution in [0.25, 0.3) is 11.6 Å². The number of pyridine rings is 1. The van der Waals surface area contributed by atoms with Gasteiger partial charge in [-0.1, -0.05) is 66.6 Å². The van der Waals surface area contributed by atoms with Gasteiger partial charge >= 0.3 is 12.2 Å². The molecule has 0 fully saturated rings. The van der Waals surface area contributed by atoms with Gasteiger partial charge in [0.15, 0.2) is 17.6 Å². The Hall–Kier alpha value is -4.54. The van der Waals surface area contributed by atoms with Gasteiger partial charge in [0.2, 0.25) is 0 Å². The number of nitrogens with zero attached hydrogens (tertiary/aromatic N) is 4. The highest BCUT2D eigenvalue weighted by atomic mass is 19.4. The van der Waals surface area contributed by atoms with Gasteiger partial charge in [-0.25, -0.2) is 4.98 Å². The molecule has 0 spiro atoms. The van der Waals surface area contributed by atoms with E-state index in [1.807, 2.05) is 75.4 Å². The van der Waals surface area contributed by atoms with E-state index in [1.165, 1.54) is 0 Å². The smallest absolute Gasteiger partial charge is 0.402 e. The predicted octanol–water partition coefficient (Wildman–Crippen LogP) is 6.15. The van der Waals surface area contributed by atoms with Crippen molar-refractivity contribution in [1.82, 2.24) is 15.2 Å². The van der Waals surface area contributed by atoms with E-state index in [-0.39, 0.29) is 35.5 Å². The lowest BCUT2D eigenvalue weighted by Gasteiger charge is -2.27. The maximum Gasteiger partial charge on any atom is 0.417 e. The van der Waals surface area contributed by atoms with Crippen LogP contribution in [0.2, 0.25) is 0 Å². The fourth-order valence-corrected chi connectivity index (χ4v) is 4.23. The number of alkyl halides is 3. The van der Waals surface area contributed by atoms with Gasteiger partial charge in [0.05, 0.1) is 17.0 Å². The molecule has 4 aromatic rings. The van der Waals surface area contributed by atoms with Crippen LogP contribution in [0.4, 0.5) is 24.9 Å². The first-order chi connectivity index (χ1) is 19.0. The first-order valence-electron chi connectivity index (χ1n) is 12.7. The van der Waals surface area contributed by atoms with E-state index in [4.69, 9.17) is 9.41 Å². The number of rotatable bonds is 7. The number of hydrogen-bond acceptors (Lipinski definition) is 8. The molecule has 40 heavy (non-hydrogen) atoms. The number of Topliss-reactive ketones (excluding diaryl/α,β-unsaturated/α-hetero) is 1. The summed E-state index contributed by atoms with van der Waals surface area (Å²) in [5, 5.41) is 14.0. The van der Waals surface area contributed by atoms with E-state index in [0.29, 0.717) is 12.1 Å². The number of nitrogens with one attached hydrogen (secondary N) is 2. The number of halogens is 3. The van der Waals surface area contributed by atoms with Gasteiger partial charge in [-0.05, 0) is 31.9 Å². The SMILES string of the molecule is CCC(C)(C)Nc1cc(C(F)(F)F)cnc1-c1nnc(N[C@H]2N=C(c3ccccc3)c3ccccc3CC2=O)o1. The van der Waals surface area contributed by atoms with Crippen LogP contribution in [0, 0.1) is 0 Å². The van der Waals surface area contributed by atoms with Crippen LogP contribution in [0.5, 0.6) is 0 Å². The van der Waals surface area contributed by atoms with Crippen LogP contribution < -0.4 is 10.6 Å². The summed E-state index contributed by atoms with van der Waals surface area (Å²) in [5.41, 5.74) is 1.88. The van der Waals surface area contributed by atoms with Gasteiger partial charge in [0, 0.05) is 29.3 Å². The average molecular weight is 549 g/mol. The molecule has 5 rings (SSSR count).